The molecule has 4 aromatic rings. The van der Waals surface area contributed by atoms with Crippen LogP contribution in [0.5, 0.6) is 0 Å². The van der Waals surface area contributed by atoms with Crippen LogP contribution in [0.15, 0.2) is 53.6 Å². The van der Waals surface area contributed by atoms with E-state index in [1.165, 1.54) is 5.56 Å². The first-order valence-electron chi connectivity index (χ1n) is 10.6. The Morgan fingerprint density at radius 3 is 2.28 bits per heavy atom. The second kappa shape index (κ2) is 7.99. The normalized spacial score (nSPS) is 14.8. The third-order valence-corrected chi connectivity index (χ3v) is 5.81. The summed E-state index contributed by atoms with van der Waals surface area (Å²) in [5.74, 6) is 2.05. The quantitative estimate of drug-likeness (QED) is 0.470. The van der Waals surface area contributed by atoms with Gasteiger partial charge in [-0.25, -0.2) is 19.9 Å². The Kier molecular flexibility index (Phi) is 5.01. The van der Waals surface area contributed by atoms with E-state index in [1.807, 2.05) is 13.8 Å². The molecule has 9 heteroatoms. The maximum atomic E-state index is 5.59. The van der Waals surface area contributed by atoms with E-state index < -0.39 is 0 Å². The zero-order valence-corrected chi connectivity index (χ0v) is 18.0. The highest BCUT2D eigenvalue weighted by atomic mass is 16.5. The highest BCUT2D eigenvalue weighted by molar-refractivity contribution is 5.63. The molecule has 0 aliphatic heterocycles. The van der Waals surface area contributed by atoms with E-state index in [0.29, 0.717) is 23.2 Å². The molecule has 1 aromatic carbocycles. The van der Waals surface area contributed by atoms with Gasteiger partial charge in [0.05, 0.1) is 17.8 Å². The van der Waals surface area contributed by atoms with Crippen LogP contribution in [0.1, 0.15) is 44.5 Å². The van der Waals surface area contributed by atoms with Gasteiger partial charge in [-0.3, -0.25) is 0 Å². The molecule has 9 nitrogen and oxygen atoms in total. The van der Waals surface area contributed by atoms with E-state index in [0.717, 1.165) is 30.4 Å². The van der Waals surface area contributed by atoms with Gasteiger partial charge in [-0.15, -0.1) is 0 Å². The molecule has 0 unspecified atom stereocenters. The smallest absolute Gasteiger partial charge is 0.278 e. The second-order valence-electron chi connectivity index (χ2n) is 8.35. The average molecular weight is 429 g/mol. The number of nitrogens with zero attached hydrogens (tertiary/aromatic N) is 6. The molecule has 162 valence electrons. The van der Waals surface area contributed by atoms with Crippen molar-refractivity contribution in [3.63, 3.8) is 0 Å². The minimum absolute atomic E-state index is 0.246. The molecule has 3 N–H and O–H groups in total. The maximum absolute atomic E-state index is 5.59. The molecule has 5 rings (SSSR count). The van der Waals surface area contributed by atoms with Crippen LogP contribution in [-0.2, 0) is 5.41 Å². The summed E-state index contributed by atoms with van der Waals surface area (Å²) in [6.07, 6.45) is 9.85. The van der Waals surface area contributed by atoms with Gasteiger partial charge in [0.25, 0.3) is 5.89 Å². The number of nitrogens with two attached hydrogens (primary N) is 1. The van der Waals surface area contributed by atoms with Crippen LogP contribution in [0.4, 0.5) is 11.8 Å². The van der Waals surface area contributed by atoms with Crippen molar-refractivity contribution in [2.24, 2.45) is 0 Å². The number of hydrogen-bond acceptors (Lipinski definition) is 9. The lowest BCUT2D eigenvalue weighted by atomic mass is 9.64. The van der Waals surface area contributed by atoms with E-state index in [2.05, 4.69) is 54.7 Å². The Labute approximate surface area is 185 Å². The van der Waals surface area contributed by atoms with E-state index >= 15 is 0 Å². The first-order valence-corrected chi connectivity index (χ1v) is 10.6. The highest BCUT2D eigenvalue weighted by Crippen LogP contribution is 2.48. The molecular formula is C23H24N8O. The average Bonchev–Trinajstić information content (AvgIpc) is 3.24. The first kappa shape index (κ1) is 20.0. The number of rotatable bonds is 6. The van der Waals surface area contributed by atoms with Gasteiger partial charge in [0.15, 0.2) is 5.82 Å². The molecule has 0 saturated heterocycles. The lowest BCUT2D eigenvalue weighted by Crippen LogP contribution is -2.36. The fourth-order valence-electron chi connectivity index (χ4n) is 3.97. The van der Waals surface area contributed by atoms with Crippen molar-refractivity contribution in [3.05, 3.63) is 60.4 Å². The van der Waals surface area contributed by atoms with Crippen LogP contribution in [0.25, 0.3) is 22.7 Å². The summed E-state index contributed by atoms with van der Waals surface area (Å²) in [5, 5.41) is 7.54. The van der Waals surface area contributed by atoms with Gasteiger partial charge in [0, 0.05) is 24.0 Å². The molecule has 0 atom stereocenters. The second-order valence-corrected chi connectivity index (χ2v) is 8.35. The van der Waals surface area contributed by atoms with Gasteiger partial charge >= 0.3 is 0 Å². The molecule has 1 aliphatic rings. The molecule has 32 heavy (non-hydrogen) atoms. The van der Waals surface area contributed by atoms with Crippen LogP contribution in [0, 0.1) is 0 Å². The summed E-state index contributed by atoms with van der Waals surface area (Å²) in [6.45, 7) is 4.10. The van der Waals surface area contributed by atoms with E-state index in [-0.39, 0.29) is 17.4 Å². The lowest BCUT2D eigenvalue weighted by molar-refractivity contribution is 0.273. The van der Waals surface area contributed by atoms with E-state index in [1.54, 1.807) is 24.8 Å². The molecule has 3 aromatic heterocycles. The molecule has 0 spiro atoms. The van der Waals surface area contributed by atoms with Crippen molar-refractivity contribution >= 4 is 11.8 Å². The van der Waals surface area contributed by atoms with Crippen LogP contribution < -0.4 is 11.1 Å². The van der Waals surface area contributed by atoms with Crippen LogP contribution in [0.3, 0.4) is 0 Å². The lowest BCUT2D eigenvalue weighted by Gasteiger charge is -2.39. The third-order valence-electron chi connectivity index (χ3n) is 5.81. The standard InChI is InChI=1S/C23H24N8O/c1-14(2)29-19-13-25-18(12-26-19)20-30-21(31-32-20)23(8-3-9-23)17-6-4-15(5-7-17)16-10-27-22(24)28-11-16/h4-7,10-14H,3,8-9H2,1-2H3,(H,26,29)(H2,24,27,28). The Bertz CT molecular complexity index is 1200. The largest absolute Gasteiger partial charge is 0.368 e. The number of benzene rings is 1. The fourth-order valence-corrected chi connectivity index (χ4v) is 3.97. The van der Waals surface area contributed by atoms with E-state index in [9.17, 15) is 0 Å². The van der Waals surface area contributed by atoms with Gasteiger partial charge in [-0.05, 0) is 37.8 Å². The molecule has 1 aliphatic carbocycles. The molecule has 0 radical (unpaired) electrons. The summed E-state index contributed by atoms with van der Waals surface area (Å²) < 4.78 is 5.57. The van der Waals surface area contributed by atoms with E-state index in [4.69, 9.17) is 15.2 Å². The van der Waals surface area contributed by atoms with Crippen LogP contribution in [0.2, 0.25) is 0 Å². The van der Waals surface area contributed by atoms with Crippen molar-refractivity contribution in [1.29, 1.82) is 0 Å². The summed E-state index contributed by atoms with van der Waals surface area (Å²) >= 11 is 0. The van der Waals surface area contributed by atoms with Gasteiger partial charge in [-0.2, -0.15) is 4.98 Å². The van der Waals surface area contributed by atoms with Crippen molar-refractivity contribution in [3.8, 4) is 22.7 Å². The Morgan fingerprint density at radius 1 is 0.938 bits per heavy atom. The van der Waals surface area contributed by atoms with Gasteiger partial charge in [0.1, 0.15) is 11.5 Å². The number of nitrogens with one attached hydrogen (secondary N) is 1. The molecule has 1 fully saturated rings. The third kappa shape index (κ3) is 3.66. The van der Waals surface area contributed by atoms with Crippen LogP contribution in [-0.4, -0.2) is 36.1 Å². The molecule has 0 amide bonds. The van der Waals surface area contributed by atoms with Gasteiger partial charge < -0.3 is 15.6 Å². The van der Waals surface area contributed by atoms with Crippen LogP contribution >= 0.6 is 0 Å². The first-order chi connectivity index (χ1) is 15.5. The monoisotopic (exact) mass is 428 g/mol. The number of aromatic nitrogens is 6. The minimum atomic E-state index is -0.246. The minimum Gasteiger partial charge on any atom is -0.368 e. The zero-order valence-electron chi connectivity index (χ0n) is 18.0. The van der Waals surface area contributed by atoms with Crippen molar-refractivity contribution < 1.29 is 4.52 Å². The number of hydrogen-bond donors (Lipinski definition) is 2. The topological polar surface area (TPSA) is 129 Å². The Hall–Kier alpha value is -3.88. The summed E-state index contributed by atoms with van der Waals surface area (Å²) in [4.78, 5) is 21.6. The molecule has 3 heterocycles. The summed E-state index contributed by atoms with van der Waals surface area (Å²) in [7, 11) is 0. The highest BCUT2D eigenvalue weighted by Gasteiger charge is 2.44. The predicted molar refractivity (Wildman–Crippen MR) is 121 cm³/mol. The van der Waals surface area contributed by atoms with Crippen molar-refractivity contribution in [2.45, 2.75) is 44.6 Å². The summed E-state index contributed by atoms with van der Waals surface area (Å²) in [6, 6.07) is 8.65. The fraction of sp³-hybridized carbons (Fsp3) is 0.304. The number of anilines is 2. The number of nitrogen functional groups attached to an aromatic ring is 1. The van der Waals surface area contributed by atoms with Gasteiger partial charge in [-0.1, -0.05) is 35.8 Å². The van der Waals surface area contributed by atoms with Gasteiger partial charge in [0.2, 0.25) is 5.95 Å². The molecule has 1 saturated carbocycles. The Morgan fingerprint density at radius 2 is 1.69 bits per heavy atom. The van der Waals surface area contributed by atoms with Crippen molar-refractivity contribution in [2.75, 3.05) is 11.1 Å². The predicted octanol–water partition coefficient (Wildman–Crippen LogP) is 3.86. The molecule has 0 bridgehead atoms. The summed E-state index contributed by atoms with van der Waals surface area (Å²) in [5.41, 5.74) is 9.02. The van der Waals surface area contributed by atoms with Crippen molar-refractivity contribution in [1.82, 2.24) is 30.1 Å². The Balaban J connectivity index is 1.40. The SMILES string of the molecule is CC(C)Nc1cnc(-c2nc(C3(c4ccc(-c5cnc(N)nc5)cc4)CCC3)no2)cn1. The zero-order chi connectivity index (χ0) is 22.1. The molecular weight excluding hydrogens is 404 g/mol. The maximum Gasteiger partial charge on any atom is 0.278 e.